The van der Waals surface area contributed by atoms with E-state index in [4.69, 9.17) is 5.73 Å². The van der Waals surface area contributed by atoms with Gasteiger partial charge in [0, 0.05) is 31.0 Å². The predicted octanol–water partition coefficient (Wildman–Crippen LogP) is 2.00. The van der Waals surface area contributed by atoms with Gasteiger partial charge in [0.15, 0.2) is 0 Å². The van der Waals surface area contributed by atoms with Crippen LogP contribution in [-0.2, 0) is 10.0 Å². The molecule has 0 spiro atoms. The van der Waals surface area contributed by atoms with E-state index in [0.29, 0.717) is 25.9 Å². The second-order valence-electron chi connectivity index (χ2n) is 4.90. The normalized spacial score (nSPS) is 12.8. The van der Waals surface area contributed by atoms with Crippen molar-refractivity contribution in [3.05, 3.63) is 24.5 Å². The molecule has 20 heavy (non-hydrogen) atoms. The van der Waals surface area contributed by atoms with Gasteiger partial charge < -0.3 is 5.73 Å². The van der Waals surface area contributed by atoms with Crippen LogP contribution in [0.1, 0.15) is 40.0 Å². The SMILES string of the molecule is CCCN(C(CC)(CC)CN)S(=O)(=O)c1cccnc1. The van der Waals surface area contributed by atoms with E-state index in [0.717, 1.165) is 6.42 Å². The number of hydrogen-bond acceptors (Lipinski definition) is 4. The topological polar surface area (TPSA) is 76.3 Å². The molecule has 0 amide bonds. The molecular weight excluding hydrogens is 274 g/mol. The molecule has 0 saturated heterocycles. The molecule has 0 aliphatic carbocycles. The molecule has 5 nitrogen and oxygen atoms in total. The van der Waals surface area contributed by atoms with E-state index in [1.54, 1.807) is 22.6 Å². The molecule has 0 atom stereocenters. The van der Waals surface area contributed by atoms with Gasteiger partial charge in [-0.05, 0) is 31.4 Å². The van der Waals surface area contributed by atoms with Crippen molar-refractivity contribution in [3.63, 3.8) is 0 Å². The van der Waals surface area contributed by atoms with Crippen LogP contribution in [0.15, 0.2) is 29.4 Å². The van der Waals surface area contributed by atoms with Gasteiger partial charge in [-0.15, -0.1) is 0 Å². The maximum absolute atomic E-state index is 12.9. The van der Waals surface area contributed by atoms with Gasteiger partial charge in [-0.25, -0.2) is 8.42 Å². The molecule has 1 aromatic rings. The van der Waals surface area contributed by atoms with Gasteiger partial charge in [0.25, 0.3) is 0 Å². The van der Waals surface area contributed by atoms with Gasteiger partial charge in [0.05, 0.1) is 0 Å². The molecule has 1 aromatic heterocycles. The molecule has 1 rings (SSSR count). The summed E-state index contributed by atoms with van der Waals surface area (Å²) in [5.41, 5.74) is 5.39. The third-order valence-electron chi connectivity index (χ3n) is 3.87. The minimum absolute atomic E-state index is 0.230. The first-order valence-electron chi connectivity index (χ1n) is 7.11. The van der Waals surface area contributed by atoms with Gasteiger partial charge in [-0.1, -0.05) is 20.8 Å². The number of aromatic nitrogens is 1. The number of nitrogens with zero attached hydrogens (tertiary/aromatic N) is 2. The van der Waals surface area contributed by atoms with E-state index in [9.17, 15) is 8.42 Å². The molecule has 0 fully saturated rings. The average Bonchev–Trinajstić information content (AvgIpc) is 2.49. The first kappa shape index (κ1) is 17.1. The molecule has 0 radical (unpaired) electrons. The maximum atomic E-state index is 12.9. The Morgan fingerprint density at radius 1 is 1.30 bits per heavy atom. The van der Waals surface area contributed by atoms with Crippen molar-refractivity contribution < 1.29 is 8.42 Å². The lowest BCUT2D eigenvalue weighted by atomic mass is 9.93. The second kappa shape index (κ2) is 7.15. The average molecular weight is 299 g/mol. The van der Waals surface area contributed by atoms with E-state index in [1.165, 1.54) is 6.20 Å². The lowest BCUT2D eigenvalue weighted by molar-refractivity contribution is 0.177. The standard InChI is InChI=1S/C14H25N3O2S/c1-4-10-17(14(5-2,6-3)12-15)20(18,19)13-8-7-9-16-11-13/h7-9,11H,4-6,10,12,15H2,1-3H3. The van der Waals surface area contributed by atoms with Crippen LogP contribution in [-0.4, -0.2) is 36.3 Å². The molecule has 2 N–H and O–H groups in total. The number of hydrogen-bond donors (Lipinski definition) is 1. The molecule has 0 bridgehead atoms. The monoisotopic (exact) mass is 299 g/mol. The van der Waals surface area contributed by atoms with Crippen molar-refractivity contribution in [2.45, 2.75) is 50.5 Å². The Labute approximate surface area is 122 Å². The van der Waals surface area contributed by atoms with Gasteiger partial charge in [0.1, 0.15) is 4.90 Å². The minimum Gasteiger partial charge on any atom is -0.329 e. The molecular formula is C14H25N3O2S. The van der Waals surface area contributed by atoms with Gasteiger partial charge >= 0.3 is 0 Å². The van der Waals surface area contributed by atoms with Crippen LogP contribution in [0.2, 0.25) is 0 Å². The lowest BCUT2D eigenvalue weighted by Crippen LogP contribution is -2.55. The highest BCUT2D eigenvalue weighted by molar-refractivity contribution is 7.89. The maximum Gasteiger partial charge on any atom is 0.245 e. The fourth-order valence-corrected chi connectivity index (χ4v) is 4.40. The van der Waals surface area contributed by atoms with Crippen molar-refractivity contribution in [2.75, 3.05) is 13.1 Å². The second-order valence-corrected chi connectivity index (χ2v) is 6.76. The van der Waals surface area contributed by atoms with Crippen LogP contribution in [0.3, 0.4) is 0 Å². The quantitative estimate of drug-likeness (QED) is 0.796. The lowest BCUT2D eigenvalue weighted by Gasteiger charge is -2.41. The molecule has 0 saturated carbocycles. The Hall–Kier alpha value is -0.980. The summed E-state index contributed by atoms with van der Waals surface area (Å²) in [5, 5.41) is 0. The molecule has 114 valence electrons. The summed E-state index contributed by atoms with van der Waals surface area (Å²) in [6.07, 6.45) is 5.10. The van der Waals surface area contributed by atoms with Crippen LogP contribution in [0.4, 0.5) is 0 Å². The summed E-state index contributed by atoms with van der Waals surface area (Å²) >= 11 is 0. The summed E-state index contributed by atoms with van der Waals surface area (Å²) < 4.78 is 27.3. The summed E-state index contributed by atoms with van der Waals surface area (Å²) in [4.78, 5) is 4.15. The predicted molar refractivity (Wildman–Crippen MR) is 80.8 cm³/mol. The Morgan fingerprint density at radius 3 is 2.35 bits per heavy atom. The summed E-state index contributed by atoms with van der Waals surface area (Å²) in [7, 11) is -3.57. The minimum atomic E-state index is -3.57. The summed E-state index contributed by atoms with van der Waals surface area (Å²) in [6, 6.07) is 3.22. The van der Waals surface area contributed by atoms with Gasteiger partial charge in [0.2, 0.25) is 10.0 Å². The van der Waals surface area contributed by atoms with Gasteiger partial charge in [-0.3, -0.25) is 4.98 Å². The largest absolute Gasteiger partial charge is 0.329 e. The van der Waals surface area contributed by atoms with Crippen molar-refractivity contribution in [3.8, 4) is 0 Å². The Morgan fingerprint density at radius 2 is 1.95 bits per heavy atom. The fourth-order valence-electron chi connectivity index (χ4n) is 2.44. The summed E-state index contributed by atoms with van der Waals surface area (Å²) in [5.74, 6) is 0. The van der Waals surface area contributed by atoms with Crippen molar-refractivity contribution in [1.82, 2.24) is 9.29 Å². The van der Waals surface area contributed by atoms with Crippen LogP contribution in [0, 0.1) is 0 Å². The molecule has 6 heteroatoms. The van der Waals surface area contributed by atoms with Crippen LogP contribution < -0.4 is 5.73 Å². The van der Waals surface area contributed by atoms with E-state index in [1.807, 2.05) is 20.8 Å². The zero-order valence-electron chi connectivity index (χ0n) is 12.5. The Balaban J connectivity index is 3.33. The van der Waals surface area contributed by atoms with Crippen LogP contribution >= 0.6 is 0 Å². The highest BCUT2D eigenvalue weighted by Gasteiger charge is 2.40. The molecule has 0 aliphatic rings. The van der Waals surface area contributed by atoms with Crippen LogP contribution in [0.25, 0.3) is 0 Å². The van der Waals surface area contributed by atoms with Crippen molar-refractivity contribution in [2.24, 2.45) is 5.73 Å². The van der Waals surface area contributed by atoms with Crippen molar-refractivity contribution in [1.29, 1.82) is 0 Å². The van der Waals surface area contributed by atoms with E-state index in [-0.39, 0.29) is 4.90 Å². The van der Waals surface area contributed by atoms with Crippen molar-refractivity contribution >= 4 is 10.0 Å². The zero-order valence-corrected chi connectivity index (χ0v) is 13.4. The van der Waals surface area contributed by atoms with E-state index in [2.05, 4.69) is 4.98 Å². The highest BCUT2D eigenvalue weighted by atomic mass is 32.2. The third kappa shape index (κ3) is 3.19. The number of pyridine rings is 1. The number of nitrogens with two attached hydrogens (primary N) is 1. The Kier molecular flexibility index (Phi) is 6.10. The smallest absolute Gasteiger partial charge is 0.245 e. The molecule has 1 heterocycles. The molecule has 0 unspecified atom stereocenters. The molecule has 0 aliphatic heterocycles. The Bertz CT molecular complexity index is 490. The van der Waals surface area contributed by atoms with Gasteiger partial charge in [-0.2, -0.15) is 4.31 Å². The van der Waals surface area contributed by atoms with E-state index >= 15 is 0 Å². The first-order valence-corrected chi connectivity index (χ1v) is 8.55. The molecule has 0 aromatic carbocycles. The summed E-state index contributed by atoms with van der Waals surface area (Å²) in [6.45, 7) is 6.73. The highest BCUT2D eigenvalue weighted by Crippen LogP contribution is 2.29. The number of sulfonamides is 1. The van der Waals surface area contributed by atoms with Crippen LogP contribution in [0.5, 0.6) is 0 Å². The number of rotatable bonds is 8. The zero-order chi connectivity index (χ0) is 15.2. The third-order valence-corrected chi connectivity index (χ3v) is 5.86. The van der Waals surface area contributed by atoms with E-state index < -0.39 is 15.6 Å². The first-order chi connectivity index (χ1) is 9.48. The fraction of sp³-hybridized carbons (Fsp3) is 0.643.